The van der Waals surface area contributed by atoms with Crippen molar-refractivity contribution in [1.82, 2.24) is 14.9 Å². The lowest BCUT2D eigenvalue weighted by Crippen LogP contribution is -2.30. The Balaban J connectivity index is 1.68. The highest BCUT2D eigenvalue weighted by atomic mass is 32.1. The molecule has 1 saturated heterocycles. The highest BCUT2D eigenvalue weighted by Gasteiger charge is 2.34. The van der Waals surface area contributed by atoms with Crippen molar-refractivity contribution >= 4 is 38.8 Å². The Labute approximate surface area is 149 Å². The highest BCUT2D eigenvalue weighted by Crippen LogP contribution is 2.38. The zero-order chi connectivity index (χ0) is 16.7. The smallest absolute Gasteiger partial charge is 0.266 e. The first-order chi connectivity index (χ1) is 11.7. The summed E-state index contributed by atoms with van der Waals surface area (Å²) in [6.07, 6.45) is 2.82. The lowest BCUT2D eigenvalue weighted by Gasteiger charge is -2.22. The molecular formula is C18H19N3OS2. The second kappa shape index (κ2) is 6.26. The molecule has 0 aliphatic carbocycles. The van der Waals surface area contributed by atoms with Gasteiger partial charge >= 0.3 is 0 Å². The minimum atomic E-state index is 0.0991. The molecule has 0 spiro atoms. The summed E-state index contributed by atoms with van der Waals surface area (Å²) >= 11 is 3.23. The van der Waals surface area contributed by atoms with Crippen molar-refractivity contribution in [2.24, 2.45) is 0 Å². The van der Waals surface area contributed by atoms with Crippen molar-refractivity contribution in [1.29, 1.82) is 0 Å². The number of fused-ring (bicyclic) bond motifs is 1. The summed E-state index contributed by atoms with van der Waals surface area (Å²) in [6, 6.07) is 8.28. The molecule has 0 saturated carbocycles. The van der Waals surface area contributed by atoms with Crippen LogP contribution >= 0.6 is 22.7 Å². The molecule has 1 unspecified atom stereocenters. The fraction of sp³-hybridized carbons (Fsp3) is 0.389. The number of carbonyl (C=O) groups excluding carboxylic acids is 1. The lowest BCUT2D eigenvalue weighted by atomic mass is 10.2. The van der Waals surface area contributed by atoms with Gasteiger partial charge in [0.15, 0.2) is 0 Å². The van der Waals surface area contributed by atoms with Crippen LogP contribution in [0, 0.1) is 6.92 Å². The number of likely N-dealkylation sites (tertiary alicyclic amines) is 1. The fourth-order valence-electron chi connectivity index (χ4n) is 3.31. The molecule has 0 N–H and O–H groups in total. The van der Waals surface area contributed by atoms with Crippen molar-refractivity contribution in [3.63, 3.8) is 0 Å². The molecular weight excluding hydrogens is 338 g/mol. The summed E-state index contributed by atoms with van der Waals surface area (Å²) in [6.45, 7) is 4.83. The van der Waals surface area contributed by atoms with E-state index in [4.69, 9.17) is 4.98 Å². The van der Waals surface area contributed by atoms with E-state index in [2.05, 4.69) is 18.0 Å². The SMILES string of the molecule is CCc1nc(C)sc1C(=O)N1CCCC1c1nc2ccccc2s1. The predicted octanol–water partition coefficient (Wildman–Crippen LogP) is 4.60. The molecule has 4 rings (SSSR count). The molecule has 24 heavy (non-hydrogen) atoms. The number of thiazole rings is 2. The summed E-state index contributed by atoms with van der Waals surface area (Å²) in [7, 11) is 0. The van der Waals surface area contributed by atoms with Gasteiger partial charge in [0.2, 0.25) is 0 Å². The van der Waals surface area contributed by atoms with Crippen LogP contribution in [0.25, 0.3) is 10.2 Å². The first-order valence-electron chi connectivity index (χ1n) is 8.30. The lowest BCUT2D eigenvalue weighted by molar-refractivity contribution is 0.0739. The van der Waals surface area contributed by atoms with Crippen LogP contribution < -0.4 is 0 Å². The summed E-state index contributed by atoms with van der Waals surface area (Å²) in [5.74, 6) is 0.124. The molecule has 3 aromatic rings. The third-order valence-corrected chi connectivity index (χ3v) is 6.58. The van der Waals surface area contributed by atoms with Gasteiger partial charge in [-0.05, 0) is 38.3 Å². The van der Waals surface area contributed by atoms with Crippen LogP contribution in [0.4, 0.5) is 0 Å². The van der Waals surface area contributed by atoms with E-state index in [0.29, 0.717) is 0 Å². The van der Waals surface area contributed by atoms with Crippen molar-refractivity contribution in [3.05, 3.63) is 44.9 Å². The Bertz CT molecular complexity index is 866. The predicted molar refractivity (Wildman–Crippen MR) is 98.9 cm³/mol. The minimum absolute atomic E-state index is 0.0991. The number of nitrogens with zero attached hydrogens (tertiary/aromatic N) is 3. The summed E-state index contributed by atoms with van der Waals surface area (Å²) < 4.78 is 1.19. The topological polar surface area (TPSA) is 46.1 Å². The molecule has 6 heteroatoms. The van der Waals surface area contributed by atoms with Gasteiger partial charge in [0.1, 0.15) is 9.88 Å². The third-order valence-electron chi connectivity index (χ3n) is 4.44. The zero-order valence-corrected chi connectivity index (χ0v) is 15.4. The molecule has 0 bridgehead atoms. The van der Waals surface area contributed by atoms with Crippen LogP contribution in [0.5, 0.6) is 0 Å². The number of aromatic nitrogens is 2. The Hall–Kier alpha value is -1.79. The maximum atomic E-state index is 13.1. The average molecular weight is 358 g/mol. The summed E-state index contributed by atoms with van der Waals surface area (Å²) in [5, 5.41) is 2.02. The Morgan fingerprint density at radius 2 is 2.12 bits per heavy atom. The molecule has 1 aliphatic heterocycles. The van der Waals surface area contributed by atoms with Crippen molar-refractivity contribution in [2.75, 3.05) is 6.54 Å². The largest absolute Gasteiger partial charge is 0.328 e. The Morgan fingerprint density at radius 1 is 1.29 bits per heavy atom. The van der Waals surface area contributed by atoms with Crippen LogP contribution in [0.2, 0.25) is 0 Å². The number of amides is 1. The van der Waals surface area contributed by atoms with Crippen LogP contribution in [-0.2, 0) is 6.42 Å². The van der Waals surface area contributed by atoms with Gasteiger partial charge in [-0.15, -0.1) is 22.7 Å². The van der Waals surface area contributed by atoms with E-state index < -0.39 is 0 Å². The monoisotopic (exact) mass is 357 g/mol. The van der Waals surface area contributed by atoms with Gasteiger partial charge in [-0.25, -0.2) is 9.97 Å². The molecule has 0 radical (unpaired) electrons. The van der Waals surface area contributed by atoms with E-state index in [9.17, 15) is 4.79 Å². The Kier molecular flexibility index (Phi) is 4.10. The minimum Gasteiger partial charge on any atom is -0.328 e. The number of para-hydroxylation sites is 1. The van der Waals surface area contributed by atoms with Gasteiger partial charge in [-0.1, -0.05) is 19.1 Å². The van der Waals surface area contributed by atoms with Crippen LogP contribution in [0.15, 0.2) is 24.3 Å². The number of rotatable bonds is 3. The van der Waals surface area contributed by atoms with Crippen LogP contribution in [0.3, 0.4) is 0 Å². The number of aryl methyl sites for hydroxylation is 2. The maximum Gasteiger partial charge on any atom is 0.266 e. The Morgan fingerprint density at radius 3 is 2.92 bits per heavy atom. The van der Waals surface area contributed by atoms with Gasteiger partial charge < -0.3 is 4.90 Å². The van der Waals surface area contributed by atoms with Gasteiger partial charge in [0.05, 0.1) is 27.0 Å². The molecule has 1 aliphatic rings. The van der Waals surface area contributed by atoms with Crippen molar-refractivity contribution in [3.8, 4) is 0 Å². The normalized spacial score (nSPS) is 17.8. The van der Waals surface area contributed by atoms with Gasteiger partial charge in [-0.2, -0.15) is 0 Å². The van der Waals surface area contributed by atoms with E-state index in [-0.39, 0.29) is 11.9 Å². The van der Waals surface area contributed by atoms with E-state index in [1.54, 1.807) is 11.3 Å². The molecule has 1 atom stereocenters. The first-order valence-corrected chi connectivity index (χ1v) is 9.93. The standard InChI is InChI=1S/C18H19N3OS2/c1-3-12-16(23-11(2)19-12)18(22)21-10-6-8-14(21)17-20-13-7-4-5-9-15(13)24-17/h4-5,7,9,14H,3,6,8,10H2,1-2H3. The maximum absolute atomic E-state index is 13.1. The van der Waals surface area contributed by atoms with Crippen molar-refractivity contribution < 1.29 is 4.79 Å². The van der Waals surface area contributed by atoms with Crippen molar-refractivity contribution in [2.45, 2.75) is 39.2 Å². The van der Waals surface area contributed by atoms with E-state index in [0.717, 1.165) is 51.9 Å². The molecule has 4 nitrogen and oxygen atoms in total. The van der Waals surface area contributed by atoms with E-state index in [1.807, 2.05) is 30.0 Å². The highest BCUT2D eigenvalue weighted by molar-refractivity contribution is 7.18. The van der Waals surface area contributed by atoms with Gasteiger partial charge in [0.25, 0.3) is 5.91 Å². The number of hydrogen-bond donors (Lipinski definition) is 0. The molecule has 2 aromatic heterocycles. The quantitative estimate of drug-likeness (QED) is 0.688. The second-order valence-corrected chi connectivity index (χ2v) is 8.30. The molecule has 3 heterocycles. The molecule has 1 amide bonds. The van der Waals surface area contributed by atoms with Crippen LogP contribution in [0.1, 0.15) is 51.2 Å². The number of carbonyl (C=O) groups is 1. The molecule has 124 valence electrons. The summed E-state index contributed by atoms with van der Waals surface area (Å²) in [5.41, 5.74) is 1.96. The van der Waals surface area contributed by atoms with E-state index >= 15 is 0 Å². The van der Waals surface area contributed by atoms with Crippen LogP contribution in [-0.4, -0.2) is 27.3 Å². The zero-order valence-electron chi connectivity index (χ0n) is 13.8. The summed E-state index contributed by atoms with van der Waals surface area (Å²) in [4.78, 5) is 25.2. The third kappa shape index (κ3) is 2.63. The number of benzene rings is 1. The van der Waals surface area contributed by atoms with Gasteiger partial charge in [0, 0.05) is 6.54 Å². The average Bonchev–Trinajstić information content (AvgIpc) is 3.30. The number of hydrogen-bond acceptors (Lipinski definition) is 5. The van der Waals surface area contributed by atoms with E-state index in [1.165, 1.54) is 16.0 Å². The second-order valence-electron chi connectivity index (χ2n) is 6.04. The first kappa shape index (κ1) is 15.7. The van der Waals surface area contributed by atoms with Gasteiger partial charge in [-0.3, -0.25) is 4.79 Å². The molecule has 1 fully saturated rings. The fourth-order valence-corrected chi connectivity index (χ4v) is 5.39. The molecule has 1 aromatic carbocycles.